The molecule has 10 heteroatoms. The molecule has 0 aromatic carbocycles. The molecule has 4 atom stereocenters. The molecule has 0 radical (unpaired) electrons. The van der Waals surface area contributed by atoms with E-state index in [0.29, 0.717) is 19.0 Å². The normalized spacial score (nSPS) is 21.7. The van der Waals surface area contributed by atoms with Crippen LogP contribution in [0.25, 0.3) is 0 Å². The number of nitrogens with zero attached hydrogens (tertiary/aromatic N) is 1. The quantitative estimate of drug-likeness (QED) is 0.285. The molecule has 1 aromatic heterocycles. The Kier molecular flexibility index (Phi) is 12.2. The monoisotopic (exact) mass is 498 g/mol. The zero-order valence-corrected chi connectivity index (χ0v) is 21.1. The van der Waals surface area contributed by atoms with Crippen molar-refractivity contribution in [2.45, 2.75) is 122 Å². The van der Waals surface area contributed by atoms with E-state index in [-0.39, 0.29) is 12.8 Å². The summed E-state index contributed by atoms with van der Waals surface area (Å²) in [5.74, 6) is -2.16. The van der Waals surface area contributed by atoms with Crippen LogP contribution >= 0.6 is 0 Å². The second kappa shape index (κ2) is 14.8. The Morgan fingerprint density at radius 1 is 0.914 bits per heavy atom. The largest absolute Gasteiger partial charge is 0.455 e. The van der Waals surface area contributed by atoms with Crippen molar-refractivity contribution in [2.75, 3.05) is 0 Å². The highest BCUT2D eigenvalue weighted by atomic mass is 19.1. The van der Waals surface area contributed by atoms with Crippen LogP contribution in [-0.4, -0.2) is 39.8 Å². The molecule has 198 valence electrons. The van der Waals surface area contributed by atoms with Gasteiger partial charge in [-0.05, 0) is 19.8 Å². The molecule has 0 spiro atoms. The lowest BCUT2D eigenvalue weighted by Crippen LogP contribution is -2.42. The molecule has 0 saturated carbocycles. The summed E-state index contributed by atoms with van der Waals surface area (Å²) in [7, 11) is 0. The van der Waals surface area contributed by atoms with E-state index in [1.54, 1.807) is 6.92 Å². The first-order valence-corrected chi connectivity index (χ1v) is 12.8. The van der Waals surface area contributed by atoms with Crippen LogP contribution in [-0.2, 0) is 23.8 Å². The first-order valence-electron chi connectivity index (χ1n) is 12.8. The summed E-state index contributed by atoms with van der Waals surface area (Å²) in [6.07, 6.45) is 6.48. The number of carbonyl (C=O) groups is 2. The number of nitrogens with one attached hydrogen (secondary N) is 1. The first-order chi connectivity index (χ1) is 16.8. The predicted molar refractivity (Wildman–Crippen MR) is 127 cm³/mol. The standard InChI is InChI=1S/C25H39FN2O7/c1-4-6-8-10-12-14-19(29)34-21-17(3)33-24(28-16-18(26)23(31)27-25(28)32)22(21)35-20(30)15-13-11-9-7-5-2/h16-17,21-22,24H,4-15H2,1-3H3,(H,27,31,32)/t17-,21-,22-,24-/m1/s1. The lowest BCUT2D eigenvalue weighted by atomic mass is 10.1. The van der Waals surface area contributed by atoms with Gasteiger partial charge in [0.25, 0.3) is 5.56 Å². The maximum atomic E-state index is 14.0. The number of carbonyl (C=O) groups excluding carboxylic acids is 2. The van der Waals surface area contributed by atoms with Gasteiger partial charge in [-0.25, -0.2) is 4.79 Å². The van der Waals surface area contributed by atoms with Gasteiger partial charge in [0, 0.05) is 12.8 Å². The van der Waals surface area contributed by atoms with Gasteiger partial charge in [-0.15, -0.1) is 0 Å². The number of hydrogen-bond donors (Lipinski definition) is 1. The Morgan fingerprint density at radius 2 is 1.43 bits per heavy atom. The molecule has 9 nitrogen and oxygen atoms in total. The highest BCUT2D eigenvalue weighted by Gasteiger charge is 2.49. The number of hydrogen-bond acceptors (Lipinski definition) is 7. The van der Waals surface area contributed by atoms with Crippen molar-refractivity contribution in [3.8, 4) is 0 Å². The summed E-state index contributed by atoms with van der Waals surface area (Å²) in [5, 5.41) is 0. The molecule has 1 aliphatic heterocycles. The van der Waals surface area contributed by atoms with Crippen LogP contribution in [0.5, 0.6) is 0 Å². The second-order valence-corrected chi connectivity index (χ2v) is 9.11. The van der Waals surface area contributed by atoms with Crippen LogP contribution in [0.3, 0.4) is 0 Å². The fourth-order valence-corrected chi connectivity index (χ4v) is 4.13. The van der Waals surface area contributed by atoms with Crippen LogP contribution in [0.4, 0.5) is 4.39 Å². The molecule has 1 N–H and O–H groups in total. The van der Waals surface area contributed by atoms with Crippen molar-refractivity contribution in [1.82, 2.24) is 9.55 Å². The number of rotatable bonds is 15. The summed E-state index contributed by atoms with van der Waals surface area (Å²) < 4.78 is 31.8. The number of aromatic amines is 1. The van der Waals surface area contributed by atoms with Crippen molar-refractivity contribution in [3.63, 3.8) is 0 Å². The van der Waals surface area contributed by atoms with Crippen molar-refractivity contribution in [2.24, 2.45) is 0 Å². The molecule has 2 heterocycles. The van der Waals surface area contributed by atoms with E-state index in [2.05, 4.69) is 13.8 Å². The Balaban J connectivity index is 2.13. The van der Waals surface area contributed by atoms with Crippen molar-refractivity contribution >= 4 is 11.9 Å². The Labute approximate surface area is 205 Å². The minimum Gasteiger partial charge on any atom is -0.455 e. The summed E-state index contributed by atoms with van der Waals surface area (Å²) in [5.41, 5.74) is -2.08. The van der Waals surface area contributed by atoms with Crippen LogP contribution in [0, 0.1) is 5.82 Å². The van der Waals surface area contributed by atoms with E-state index in [1.165, 1.54) is 0 Å². The lowest BCUT2D eigenvalue weighted by molar-refractivity contribution is -0.168. The Hall–Kier alpha value is -2.49. The van der Waals surface area contributed by atoms with Gasteiger partial charge in [-0.2, -0.15) is 4.39 Å². The molecule has 0 unspecified atom stereocenters. The van der Waals surface area contributed by atoms with Gasteiger partial charge in [-0.3, -0.25) is 23.9 Å². The van der Waals surface area contributed by atoms with Gasteiger partial charge in [0.15, 0.2) is 18.4 Å². The number of ether oxygens (including phenoxy) is 3. The van der Waals surface area contributed by atoms with Gasteiger partial charge in [-0.1, -0.05) is 65.2 Å². The van der Waals surface area contributed by atoms with Crippen molar-refractivity contribution in [3.05, 3.63) is 32.9 Å². The first kappa shape index (κ1) is 28.7. The summed E-state index contributed by atoms with van der Waals surface area (Å²) in [6, 6.07) is 0. The Bertz CT molecular complexity index is 929. The van der Waals surface area contributed by atoms with Crippen LogP contribution < -0.4 is 11.2 Å². The minimum atomic E-state index is -1.25. The second-order valence-electron chi connectivity index (χ2n) is 9.11. The SMILES string of the molecule is CCCCCCCC(=O)O[C@@H]1[C@H](OC(=O)CCCCCCC)[C@@H](C)O[C@H]1n1cc(F)c(=O)[nH]c1=O. The molecule has 1 aliphatic rings. The number of H-pyrrole nitrogens is 1. The van der Waals surface area contributed by atoms with Crippen LogP contribution in [0.2, 0.25) is 0 Å². The predicted octanol–water partition coefficient (Wildman–Crippen LogP) is 4.14. The molecule has 0 bridgehead atoms. The van der Waals surface area contributed by atoms with Crippen molar-refractivity contribution in [1.29, 1.82) is 0 Å². The molecule has 0 amide bonds. The molecule has 2 rings (SSSR count). The van der Waals surface area contributed by atoms with E-state index < -0.39 is 53.5 Å². The number of unbranched alkanes of at least 4 members (excludes halogenated alkanes) is 8. The number of esters is 2. The van der Waals surface area contributed by atoms with Crippen LogP contribution in [0.1, 0.15) is 104 Å². The van der Waals surface area contributed by atoms with Gasteiger partial charge >= 0.3 is 17.6 Å². The molecule has 35 heavy (non-hydrogen) atoms. The fourth-order valence-electron chi connectivity index (χ4n) is 4.13. The molecule has 1 saturated heterocycles. The lowest BCUT2D eigenvalue weighted by Gasteiger charge is -2.24. The van der Waals surface area contributed by atoms with E-state index in [9.17, 15) is 23.6 Å². The van der Waals surface area contributed by atoms with Gasteiger partial charge in [0.1, 0.15) is 0 Å². The average molecular weight is 499 g/mol. The molecule has 0 aliphatic carbocycles. The van der Waals surface area contributed by atoms with E-state index in [0.717, 1.165) is 55.9 Å². The third-order valence-corrected chi connectivity index (χ3v) is 6.12. The van der Waals surface area contributed by atoms with Gasteiger partial charge in [0.05, 0.1) is 12.3 Å². The van der Waals surface area contributed by atoms with E-state index in [1.807, 2.05) is 4.98 Å². The number of aromatic nitrogens is 2. The summed E-state index contributed by atoms with van der Waals surface area (Å²) in [6.45, 7) is 5.83. The highest BCUT2D eigenvalue weighted by Crippen LogP contribution is 2.33. The fraction of sp³-hybridized carbons (Fsp3) is 0.760. The van der Waals surface area contributed by atoms with Gasteiger partial charge in [0.2, 0.25) is 5.82 Å². The third kappa shape index (κ3) is 8.91. The molecular weight excluding hydrogens is 459 g/mol. The topological polar surface area (TPSA) is 117 Å². The zero-order chi connectivity index (χ0) is 25.8. The molecule has 1 aromatic rings. The smallest absolute Gasteiger partial charge is 0.330 e. The summed E-state index contributed by atoms with van der Waals surface area (Å²) in [4.78, 5) is 50.8. The zero-order valence-electron chi connectivity index (χ0n) is 21.1. The molecular formula is C25H39FN2O7. The minimum absolute atomic E-state index is 0.161. The van der Waals surface area contributed by atoms with Crippen molar-refractivity contribution < 1.29 is 28.2 Å². The van der Waals surface area contributed by atoms with E-state index >= 15 is 0 Å². The molecule has 1 fully saturated rings. The number of halogens is 1. The maximum Gasteiger partial charge on any atom is 0.330 e. The van der Waals surface area contributed by atoms with Crippen LogP contribution in [0.15, 0.2) is 15.8 Å². The third-order valence-electron chi connectivity index (χ3n) is 6.12. The highest BCUT2D eigenvalue weighted by molar-refractivity contribution is 5.70. The van der Waals surface area contributed by atoms with E-state index in [4.69, 9.17) is 14.2 Å². The average Bonchev–Trinajstić information content (AvgIpc) is 3.10. The van der Waals surface area contributed by atoms with Gasteiger partial charge < -0.3 is 14.2 Å². The summed E-state index contributed by atoms with van der Waals surface area (Å²) >= 11 is 0. The maximum absolute atomic E-state index is 14.0. The Morgan fingerprint density at radius 3 is 1.97 bits per heavy atom.